The molecule has 0 radical (unpaired) electrons. The fourth-order valence-corrected chi connectivity index (χ4v) is 17.5. The summed E-state index contributed by atoms with van der Waals surface area (Å²) in [6, 6.07) is 106. The van der Waals surface area contributed by atoms with Crippen LogP contribution in [-0.2, 0) is 5.41 Å². The largest absolute Gasteiger partial charge is 0.456 e. The summed E-state index contributed by atoms with van der Waals surface area (Å²) in [7, 11) is 0. The van der Waals surface area contributed by atoms with Gasteiger partial charge in [0.1, 0.15) is 22.3 Å². The third-order valence-corrected chi connectivity index (χ3v) is 21.3. The number of benzene rings is 14. The molecule has 0 bridgehead atoms. The van der Waals surface area contributed by atoms with E-state index in [2.05, 4.69) is 277 Å². The Morgan fingerprint density at radius 3 is 1.89 bits per heavy atom. The molecule has 3 aromatic heterocycles. The highest BCUT2D eigenvalue weighted by Gasteiger charge is 2.50. The lowest BCUT2D eigenvalue weighted by Gasteiger charge is -2.40. The number of halogens is 1. The van der Waals surface area contributed by atoms with E-state index >= 15 is 0 Å². The highest BCUT2D eigenvalue weighted by Crippen LogP contribution is 2.63. The minimum Gasteiger partial charge on any atom is -0.456 e. The van der Waals surface area contributed by atoms with Crippen LogP contribution in [0, 0.1) is 0 Å². The molecule has 7 heteroatoms. The van der Waals surface area contributed by atoms with Gasteiger partial charge in [0.15, 0.2) is 0 Å². The van der Waals surface area contributed by atoms with Crippen LogP contribution in [0.2, 0.25) is 5.02 Å². The van der Waals surface area contributed by atoms with E-state index in [-0.39, 0.29) is 0 Å². The number of fused-ring (bicyclic) bond motifs is 19. The first-order chi connectivity index (χ1) is 44.5. The maximum absolute atomic E-state index is 6.84. The van der Waals surface area contributed by atoms with Crippen LogP contribution in [-0.4, -0.2) is 0 Å². The van der Waals surface area contributed by atoms with E-state index in [1.807, 2.05) is 47.4 Å². The minimum absolute atomic E-state index is 0.567. The zero-order valence-corrected chi connectivity index (χ0v) is 50.6. The van der Waals surface area contributed by atoms with Crippen LogP contribution in [0.25, 0.3) is 119 Å². The van der Waals surface area contributed by atoms with Crippen LogP contribution in [0.5, 0.6) is 0 Å². The number of anilines is 5. The topological polar surface area (TPSA) is 41.5 Å². The first kappa shape index (κ1) is 51.4. The molecule has 0 fully saturated rings. The summed E-state index contributed by atoms with van der Waals surface area (Å²) in [6.45, 7) is 0. The molecule has 422 valence electrons. The van der Waals surface area contributed by atoms with Gasteiger partial charge in [-0.15, -0.1) is 11.3 Å². The highest BCUT2D eigenvalue weighted by molar-refractivity contribution is 7.99. The summed E-state index contributed by atoms with van der Waals surface area (Å²) in [4.78, 5) is 4.88. The molecule has 19 rings (SSSR count). The molecule has 0 amide bonds. The molecule has 1 spiro atoms. The van der Waals surface area contributed by atoms with Crippen molar-refractivity contribution < 1.29 is 8.83 Å². The molecule has 90 heavy (non-hydrogen) atoms. The van der Waals surface area contributed by atoms with Gasteiger partial charge in [-0.1, -0.05) is 205 Å². The smallest absolute Gasteiger partial charge is 0.138 e. The Balaban J connectivity index is 0.700. The fourth-order valence-electron chi connectivity index (χ4n) is 14.8. The molecule has 0 saturated heterocycles. The Morgan fingerprint density at radius 1 is 0.356 bits per heavy atom. The summed E-state index contributed by atoms with van der Waals surface area (Å²) in [5.74, 6) is 0. The second kappa shape index (κ2) is 20.0. The lowest BCUT2D eigenvalue weighted by Crippen LogP contribution is -2.32. The van der Waals surface area contributed by atoms with Gasteiger partial charge in [0.2, 0.25) is 0 Å². The predicted molar refractivity (Wildman–Crippen MR) is 379 cm³/mol. The number of para-hydroxylation sites is 3. The molecule has 0 saturated carbocycles. The van der Waals surface area contributed by atoms with Crippen molar-refractivity contribution in [1.29, 1.82) is 0 Å². The highest BCUT2D eigenvalue weighted by atomic mass is 35.5. The van der Waals surface area contributed by atoms with E-state index < -0.39 is 5.41 Å². The Kier molecular flexibility index (Phi) is 11.4. The quantitative estimate of drug-likeness (QED) is 0.164. The number of nitrogens with one attached hydrogen (secondary N) is 1. The molecule has 4 nitrogen and oxygen atoms in total. The zero-order valence-electron chi connectivity index (χ0n) is 48.2. The number of hydrogen-bond acceptors (Lipinski definition) is 6. The third-order valence-electron chi connectivity index (χ3n) is 18.7. The average molecular weight is 1210 g/mol. The van der Waals surface area contributed by atoms with Gasteiger partial charge < -0.3 is 19.1 Å². The molecule has 2 aliphatic rings. The number of hydrogen-bond donors (Lipinski definition) is 1. The van der Waals surface area contributed by atoms with Crippen LogP contribution >= 0.6 is 34.7 Å². The van der Waals surface area contributed by atoms with E-state index in [1.54, 1.807) is 0 Å². The summed E-state index contributed by atoms with van der Waals surface area (Å²) in [5.41, 5.74) is 22.5. The van der Waals surface area contributed by atoms with Crippen LogP contribution < -0.4 is 10.2 Å². The van der Waals surface area contributed by atoms with Gasteiger partial charge in [-0.25, -0.2) is 0 Å². The number of thiophene rings is 1. The van der Waals surface area contributed by atoms with Gasteiger partial charge in [-0.3, -0.25) is 0 Å². The third kappa shape index (κ3) is 7.82. The predicted octanol–water partition coefficient (Wildman–Crippen LogP) is 24.7. The Labute approximate surface area is 531 Å². The van der Waals surface area contributed by atoms with Crippen molar-refractivity contribution in [2.75, 3.05) is 10.2 Å². The molecule has 1 unspecified atom stereocenters. The number of nitrogens with zero attached hydrogens (tertiary/aromatic N) is 1. The maximum Gasteiger partial charge on any atom is 0.138 e. The first-order valence-electron chi connectivity index (χ1n) is 30.4. The maximum atomic E-state index is 6.84. The molecule has 14 aromatic carbocycles. The van der Waals surface area contributed by atoms with Gasteiger partial charge in [-0.2, -0.15) is 0 Å². The van der Waals surface area contributed by atoms with Gasteiger partial charge in [0.05, 0.1) is 16.5 Å². The molecule has 17 aromatic rings. The summed E-state index contributed by atoms with van der Waals surface area (Å²) < 4.78 is 15.6. The van der Waals surface area contributed by atoms with Crippen LogP contribution in [0.3, 0.4) is 0 Å². The van der Waals surface area contributed by atoms with Crippen molar-refractivity contribution in [3.8, 4) is 44.5 Å². The molecule has 1 N–H and O–H groups in total. The van der Waals surface area contributed by atoms with Crippen LogP contribution in [0.15, 0.2) is 310 Å². The lowest BCUT2D eigenvalue weighted by atomic mass is 9.67. The summed E-state index contributed by atoms with van der Waals surface area (Å²) >= 11 is 10.5. The van der Waals surface area contributed by atoms with Gasteiger partial charge in [0.25, 0.3) is 0 Å². The van der Waals surface area contributed by atoms with Crippen molar-refractivity contribution >= 4 is 138 Å². The van der Waals surface area contributed by atoms with Crippen molar-refractivity contribution in [2.24, 2.45) is 0 Å². The van der Waals surface area contributed by atoms with E-state index in [1.165, 1.54) is 68.9 Å². The fraction of sp³-hybridized carbons (Fsp3) is 0.0120. The molecule has 4 heterocycles. The summed E-state index contributed by atoms with van der Waals surface area (Å²) in [5, 5.41) is 13.7. The monoisotopic (exact) mass is 1200 g/mol. The lowest BCUT2D eigenvalue weighted by molar-refractivity contribution is 0.669. The van der Waals surface area contributed by atoms with Gasteiger partial charge in [-0.05, 0) is 181 Å². The van der Waals surface area contributed by atoms with Crippen molar-refractivity contribution in [2.45, 2.75) is 15.2 Å². The average Bonchev–Trinajstić information content (AvgIpc) is 1.46. The van der Waals surface area contributed by atoms with E-state index in [0.717, 1.165) is 116 Å². The van der Waals surface area contributed by atoms with Crippen LogP contribution in [0.1, 0.15) is 22.3 Å². The Hall–Kier alpha value is -10.6. The van der Waals surface area contributed by atoms with E-state index in [9.17, 15) is 0 Å². The number of rotatable bonds is 8. The normalized spacial score (nSPS) is 14.1. The van der Waals surface area contributed by atoms with Gasteiger partial charge >= 0.3 is 0 Å². The summed E-state index contributed by atoms with van der Waals surface area (Å²) in [6.07, 6.45) is 0. The Bertz CT molecular complexity index is 5830. The standard InChI is InChI=1S/C83H49ClN2O2S2/c84-54-35-40-71-80(44-54)89-79-28-13-9-24-70(79)83(71)69-23-8-4-18-60(69)61-39-38-57(47-72(61)83)86(56-16-2-1-3-17-56)58-45-66(82-68(46-58)63-20-7-12-27-78(63)90-82)51-31-29-49(30-32-51)50-33-36-55(37-34-50)85-73-42-53(43-77-81(73)64-21-6-11-26-75(64)88-77)59-22-14-15-52-41-67-62-19-5-10-25-74(62)87-76(67)48-65(52)59/h1-48,85H. The van der Waals surface area contributed by atoms with Gasteiger partial charge in [0, 0.05) is 79.5 Å². The van der Waals surface area contributed by atoms with E-state index in [4.69, 9.17) is 20.4 Å². The van der Waals surface area contributed by atoms with Crippen molar-refractivity contribution in [3.05, 3.63) is 318 Å². The number of furan rings is 2. The molecule has 1 atom stereocenters. The molecule has 1 aliphatic carbocycles. The first-order valence-corrected chi connectivity index (χ1v) is 32.4. The van der Waals surface area contributed by atoms with Crippen molar-refractivity contribution in [3.63, 3.8) is 0 Å². The second-order valence-corrected chi connectivity index (χ2v) is 26.2. The molecular formula is C83H49ClN2O2S2. The van der Waals surface area contributed by atoms with Crippen LogP contribution in [0.4, 0.5) is 28.4 Å². The zero-order chi connectivity index (χ0) is 59.2. The molecule has 1 aliphatic heterocycles. The minimum atomic E-state index is -0.567. The van der Waals surface area contributed by atoms with E-state index in [0.29, 0.717) is 0 Å². The van der Waals surface area contributed by atoms with Crippen molar-refractivity contribution in [1.82, 2.24) is 0 Å². The Morgan fingerprint density at radius 2 is 1.03 bits per heavy atom. The SMILES string of the molecule is Clc1ccc2c(c1)Sc1ccccc1C21c2ccccc2-c2ccc(N(c3ccccc3)c3cc(-c4ccc(-c5ccc(Nc6cc(-c7cccc8cc9c(cc78)oc7ccccc79)cc7oc8ccccc8c67)cc5)cc4)c4sc5ccccc5c4c3)cc21. The molecular weight excluding hydrogens is 1160 g/mol. The second-order valence-electron chi connectivity index (χ2n) is 23.7.